The highest BCUT2D eigenvalue weighted by molar-refractivity contribution is 6.31. The normalized spacial score (nSPS) is 20.9. The summed E-state index contributed by atoms with van der Waals surface area (Å²) in [6.45, 7) is 5.10. The zero-order valence-electron chi connectivity index (χ0n) is 11.3. The molecule has 1 aliphatic rings. The van der Waals surface area contributed by atoms with Crippen molar-refractivity contribution >= 4 is 11.6 Å². The molecule has 3 nitrogen and oxygen atoms in total. The van der Waals surface area contributed by atoms with Crippen molar-refractivity contribution in [2.45, 2.75) is 65.0 Å². The number of aliphatic hydroxyl groups is 1. The van der Waals surface area contributed by atoms with Gasteiger partial charge in [-0.05, 0) is 24.7 Å². The van der Waals surface area contributed by atoms with Gasteiger partial charge in [0.25, 0.3) is 0 Å². The summed E-state index contributed by atoms with van der Waals surface area (Å²) in [5.74, 6) is 0. The lowest BCUT2D eigenvalue weighted by Crippen LogP contribution is -2.30. The lowest BCUT2D eigenvalue weighted by atomic mass is 9.71. The molecule has 0 spiro atoms. The SMILES string of the molecule is CCCn1ncc(Cl)c1C(O)C1(C)CCCCC1. The van der Waals surface area contributed by atoms with E-state index in [4.69, 9.17) is 11.6 Å². The maximum absolute atomic E-state index is 10.7. The van der Waals surface area contributed by atoms with Gasteiger partial charge in [-0.25, -0.2) is 0 Å². The molecule has 1 unspecified atom stereocenters. The van der Waals surface area contributed by atoms with Crippen LogP contribution in [0.4, 0.5) is 0 Å². The quantitative estimate of drug-likeness (QED) is 0.900. The van der Waals surface area contributed by atoms with Gasteiger partial charge in [-0.3, -0.25) is 4.68 Å². The average Bonchev–Trinajstić information content (AvgIpc) is 2.71. The molecule has 1 heterocycles. The fourth-order valence-corrected chi connectivity index (χ4v) is 3.24. The van der Waals surface area contributed by atoms with Crippen molar-refractivity contribution in [3.8, 4) is 0 Å². The average molecular weight is 271 g/mol. The molecule has 2 rings (SSSR count). The van der Waals surface area contributed by atoms with Crippen molar-refractivity contribution < 1.29 is 5.11 Å². The highest BCUT2D eigenvalue weighted by Gasteiger charge is 2.38. The molecule has 0 aromatic carbocycles. The Hall–Kier alpha value is -0.540. The van der Waals surface area contributed by atoms with E-state index in [1.807, 2.05) is 4.68 Å². The van der Waals surface area contributed by atoms with Crippen molar-refractivity contribution in [3.05, 3.63) is 16.9 Å². The fourth-order valence-electron chi connectivity index (χ4n) is 3.00. The molecule has 0 radical (unpaired) electrons. The van der Waals surface area contributed by atoms with Crippen molar-refractivity contribution in [2.24, 2.45) is 5.41 Å². The largest absolute Gasteiger partial charge is 0.386 e. The van der Waals surface area contributed by atoms with E-state index in [9.17, 15) is 5.11 Å². The van der Waals surface area contributed by atoms with E-state index < -0.39 is 6.10 Å². The number of halogens is 1. The molecule has 1 atom stereocenters. The summed E-state index contributed by atoms with van der Waals surface area (Å²) >= 11 is 6.21. The summed E-state index contributed by atoms with van der Waals surface area (Å²) in [6.07, 6.45) is 7.98. The van der Waals surface area contributed by atoms with Crippen molar-refractivity contribution in [3.63, 3.8) is 0 Å². The summed E-state index contributed by atoms with van der Waals surface area (Å²) in [5, 5.41) is 15.6. The van der Waals surface area contributed by atoms with Gasteiger partial charge in [-0.2, -0.15) is 5.10 Å². The van der Waals surface area contributed by atoms with Gasteiger partial charge >= 0.3 is 0 Å². The first-order valence-corrected chi connectivity index (χ1v) is 7.35. The van der Waals surface area contributed by atoms with Gasteiger partial charge < -0.3 is 5.11 Å². The molecule has 1 aliphatic carbocycles. The van der Waals surface area contributed by atoms with E-state index >= 15 is 0 Å². The minimum absolute atomic E-state index is 0.0482. The van der Waals surface area contributed by atoms with Crippen LogP contribution in [-0.4, -0.2) is 14.9 Å². The summed E-state index contributed by atoms with van der Waals surface area (Å²) < 4.78 is 1.87. The summed E-state index contributed by atoms with van der Waals surface area (Å²) in [7, 11) is 0. The summed E-state index contributed by atoms with van der Waals surface area (Å²) in [4.78, 5) is 0. The molecule has 1 aromatic heterocycles. The molecule has 1 aromatic rings. The van der Waals surface area contributed by atoms with E-state index in [1.165, 1.54) is 19.3 Å². The van der Waals surface area contributed by atoms with Crippen LogP contribution in [0.15, 0.2) is 6.20 Å². The Kier molecular flexibility index (Phi) is 4.33. The van der Waals surface area contributed by atoms with E-state index in [0.29, 0.717) is 5.02 Å². The van der Waals surface area contributed by atoms with Crippen LogP contribution in [0, 0.1) is 5.41 Å². The maximum atomic E-state index is 10.7. The molecule has 18 heavy (non-hydrogen) atoms. The molecule has 1 saturated carbocycles. The van der Waals surface area contributed by atoms with Gasteiger partial charge in [0.15, 0.2) is 0 Å². The molecule has 0 saturated heterocycles. The molecule has 102 valence electrons. The minimum Gasteiger partial charge on any atom is -0.386 e. The van der Waals surface area contributed by atoms with Gasteiger partial charge in [0.05, 0.1) is 16.9 Å². The Morgan fingerprint density at radius 2 is 2.11 bits per heavy atom. The summed E-state index contributed by atoms with van der Waals surface area (Å²) in [5.41, 5.74) is 0.760. The lowest BCUT2D eigenvalue weighted by Gasteiger charge is -2.38. The highest BCUT2D eigenvalue weighted by atomic mass is 35.5. The van der Waals surface area contributed by atoms with Crippen LogP contribution in [0.5, 0.6) is 0 Å². The van der Waals surface area contributed by atoms with Crippen LogP contribution in [0.2, 0.25) is 5.02 Å². The first kappa shape index (κ1) is 13.9. The zero-order valence-corrected chi connectivity index (χ0v) is 12.1. The molecule has 1 fully saturated rings. The Morgan fingerprint density at radius 1 is 1.44 bits per heavy atom. The number of aliphatic hydroxyl groups excluding tert-OH is 1. The van der Waals surface area contributed by atoms with Crippen LogP contribution < -0.4 is 0 Å². The second kappa shape index (κ2) is 5.62. The number of hydrogen-bond acceptors (Lipinski definition) is 2. The van der Waals surface area contributed by atoms with Crippen LogP contribution in [-0.2, 0) is 6.54 Å². The van der Waals surface area contributed by atoms with Gasteiger partial charge in [0.1, 0.15) is 6.10 Å². The topological polar surface area (TPSA) is 38.0 Å². The van der Waals surface area contributed by atoms with Crippen LogP contribution in [0.3, 0.4) is 0 Å². The van der Waals surface area contributed by atoms with E-state index in [-0.39, 0.29) is 5.41 Å². The Morgan fingerprint density at radius 3 is 2.72 bits per heavy atom. The first-order chi connectivity index (χ1) is 8.58. The van der Waals surface area contributed by atoms with Crippen molar-refractivity contribution in [1.29, 1.82) is 0 Å². The third-order valence-corrected chi connectivity index (χ3v) is 4.47. The second-order valence-corrected chi connectivity index (χ2v) is 6.13. The Balaban J connectivity index is 2.26. The summed E-state index contributed by atoms with van der Waals surface area (Å²) in [6, 6.07) is 0. The van der Waals surface area contributed by atoms with Crippen LogP contribution in [0.25, 0.3) is 0 Å². The number of nitrogens with zero attached hydrogens (tertiary/aromatic N) is 2. The monoisotopic (exact) mass is 270 g/mol. The Bertz CT molecular complexity index is 396. The standard InChI is InChI=1S/C14H23ClN2O/c1-3-9-17-12(11(15)10-16-17)13(18)14(2)7-5-4-6-8-14/h10,13,18H,3-9H2,1-2H3. The molecule has 4 heteroatoms. The molecule has 0 bridgehead atoms. The zero-order chi connectivity index (χ0) is 13.2. The minimum atomic E-state index is -0.501. The van der Waals surface area contributed by atoms with Crippen molar-refractivity contribution in [1.82, 2.24) is 9.78 Å². The van der Waals surface area contributed by atoms with Gasteiger partial charge in [-0.1, -0.05) is 44.7 Å². The van der Waals surface area contributed by atoms with Crippen molar-refractivity contribution in [2.75, 3.05) is 0 Å². The van der Waals surface area contributed by atoms with E-state index in [0.717, 1.165) is 31.5 Å². The molecule has 0 aliphatic heterocycles. The smallest absolute Gasteiger partial charge is 0.102 e. The maximum Gasteiger partial charge on any atom is 0.102 e. The molecule has 0 amide bonds. The van der Waals surface area contributed by atoms with Crippen LogP contribution >= 0.6 is 11.6 Å². The Labute approximate surface area is 114 Å². The molecular formula is C14H23ClN2O. The number of aromatic nitrogens is 2. The van der Waals surface area contributed by atoms with Gasteiger partial charge in [0.2, 0.25) is 0 Å². The third kappa shape index (κ3) is 2.57. The lowest BCUT2D eigenvalue weighted by molar-refractivity contribution is 0.00216. The predicted octanol–water partition coefficient (Wildman–Crippen LogP) is 3.95. The number of rotatable bonds is 4. The predicted molar refractivity (Wildman–Crippen MR) is 73.7 cm³/mol. The first-order valence-electron chi connectivity index (χ1n) is 6.98. The van der Waals surface area contributed by atoms with Gasteiger partial charge in [-0.15, -0.1) is 0 Å². The van der Waals surface area contributed by atoms with Gasteiger partial charge in [0, 0.05) is 6.54 Å². The van der Waals surface area contributed by atoms with Crippen LogP contribution in [0.1, 0.15) is 64.2 Å². The highest BCUT2D eigenvalue weighted by Crippen LogP contribution is 2.46. The molecular weight excluding hydrogens is 248 g/mol. The fraction of sp³-hybridized carbons (Fsp3) is 0.786. The number of hydrogen-bond donors (Lipinski definition) is 1. The second-order valence-electron chi connectivity index (χ2n) is 5.72. The molecule has 1 N–H and O–H groups in total. The third-order valence-electron chi connectivity index (χ3n) is 4.18. The van der Waals surface area contributed by atoms with E-state index in [2.05, 4.69) is 18.9 Å². The van der Waals surface area contributed by atoms with E-state index in [1.54, 1.807) is 6.20 Å². The number of aryl methyl sites for hydroxylation is 1.